The zero-order valence-electron chi connectivity index (χ0n) is 6.42. The molecular weight excluding hydrogens is 271 g/mol. The summed E-state index contributed by atoms with van der Waals surface area (Å²) in [5.74, 6) is 0.0594. The summed E-state index contributed by atoms with van der Waals surface area (Å²) in [5, 5.41) is 2.66. The second-order valence-electron chi connectivity index (χ2n) is 3.06. The monoisotopic (exact) mass is 280 g/mol. The third-order valence-corrected chi connectivity index (χ3v) is 3.17. The second-order valence-corrected chi connectivity index (χ2v) is 4.31. The Morgan fingerprint density at radius 1 is 1.50 bits per heavy atom. The van der Waals surface area contributed by atoms with Gasteiger partial charge in [-0.1, -0.05) is 0 Å². The highest BCUT2D eigenvalue weighted by Gasteiger charge is 2.41. The maximum Gasteiger partial charge on any atom is 0.256 e. The van der Waals surface area contributed by atoms with Crippen molar-refractivity contribution in [3.63, 3.8) is 0 Å². The molecule has 2 amide bonds. The highest BCUT2D eigenvalue weighted by molar-refractivity contribution is 14.1. The molecule has 66 valence electrons. The number of carbonyl (C=O) groups excluding carboxylic acids is 2. The highest BCUT2D eigenvalue weighted by atomic mass is 127. The van der Waals surface area contributed by atoms with Crippen LogP contribution < -0.4 is 5.32 Å². The van der Waals surface area contributed by atoms with E-state index in [0.717, 1.165) is 19.4 Å². The van der Waals surface area contributed by atoms with Crippen LogP contribution in [0, 0.1) is 0 Å². The normalized spacial score (nSPS) is 34.9. The molecule has 0 radical (unpaired) electrons. The number of piperazine rings is 1. The van der Waals surface area contributed by atoms with Gasteiger partial charge in [-0.05, 0) is 35.4 Å². The summed E-state index contributed by atoms with van der Waals surface area (Å²) < 4.78 is -0.357. The zero-order valence-corrected chi connectivity index (χ0v) is 8.58. The maximum atomic E-state index is 11.5. The van der Waals surface area contributed by atoms with E-state index in [-0.39, 0.29) is 21.9 Å². The summed E-state index contributed by atoms with van der Waals surface area (Å²) in [5.41, 5.74) is 0. The lowest BCUT2D eigenvalue weighted by Gasteiger charge is -2.31. The Kier molecular flexibility index (Phi) is 1.97. The fraction of sp³-hybridized carbons (Fsp3) is 0.714. The van der Waals surface area contributed by atoms with Crippen LogP contribution in [0.1, 0.15) is 12.8 Å². The van der Waals surface area contributed by atoms with Gasteiger partial charge in [0.05, 0.1) is 0 Å². The van der Waals surface area contributed by atoms with Crippen LogP contribution in [0.15, 0.2) is 0 Å². The minimum absolute atomic E-state index is 0.00602. The number of carbonyl (C=O) groups is 2. The van der Waals surface area contributed by atoms with Gasteiger partial charge >= 0.3 is 0 Å². The SMILES string of the molecule is O=C1NC(I)C(=O)N2CCCC12. The van der Waals surface area contributed by atoms with Gasteiger partial charge in [0.2, 0.25) is 5.91 Å². The van der Waals surface area contributed by atoms with E-state index in [9.17, 15) is 9.59 Å². The average Bonchev–Trinajstić information content (AvgIpc) is 2.48. The minimum atomic E-state index is -0.357. The van der Waals surface area contributed by atoms with Crippen LogP contribution in [0.3, 0.4) is 0 Å². The molecule has 2 atom stereocenters. The molecule has 2 fully saturated rings. The van der Waals surface area contributed by atoms with Crippen LogP contribution in [0.25, 0.3) is 0 Å². The third-order valence-electron chi connectivity index (χ3n) is 2.32. The van der Waals surface area contributed by atoms with Crippen LogP contribution in [0.5, 0.6) is 0 Å². The molecule has 2 rings (SSSR count). The largest absolute Gasteiger partial charge is 0.334 e. The molecule has 0 saturated carbocycles. The Morgan fingerprint density at radius 2 is 2.25 bits per heavy atom. The number of hydrogen-bond donors (Lipinski definition) is 1. The zero-order chi connectivity index (χ0) is 8.72. The molecular formula is C7H9IN2O2. The van der Waals surface area contributed by atoms with Gasteiger partial charge in [-0.25, -0.2) is 0 Å². The number of nitrogens with zero attached hydrogens (tertiary/aromatic N) is 1. The van der Waals surface area contributed by atoms with Gasteiger partial charge in [0, 0.05) is 6.54 Å². The molecule has 2 saturated heterocycles. The Balaban J connectivity index is 2.23. The maximum absolute atomic E-state index is 11.5. The quantitative estimate of drug-likeness (QED) is 0.382. The van der Waals surface area contributed by atoms with E-state index in [0.29, 0.717) is 0 Å². The summed E-state index contributed by atoms with van der Waals surface area (Å²) in [6.07, 6.45) is 1.77. The first-order valence-corrected chi connectivity index (χ1v) is 5.19. The number of rotatable bonds is 0. The summed E-state index contributed by atoms with van der Waals surface area (Å²) in [7, 11) is 0. The molecule has 0 bridgehead atoms. The van der Waals surface area contributed by atoms with Crippen LogP contribution in [-0.4, -0.2) is 33.3 Å². The van der Waals surface area contributed by atoms with Gasteiger partial charge in [0.15, 0.2) is 4.05 Å². The molecule has 2 unspecified atom stereocenters. The van der Waals surface area contributed by atoms with Crippen molar-refractivity contribution in [1.82, 2.24) is 10.2 Å². The number of hydrogen-bond acceptors (Lipinski definition) is 2. The van der Waals surface area contributed by atoms with Crippen molar-refractivity contribution < 1.29 is 9.59 Å². The Labute approximate surface area is 83.8 Å². The lowest BCUT2D eigenvalue weighted by atomic mass is 10.2. The molecule has 4 nitrogen and oxygen atoms in total. The van der Waals surface area contributed by atoms with Crippen LogP contribution in [0.2, 0.25) is 0 Å². The van der Waals surface area contributed by atoms with Gasteiger partial charge < -0.3 is 10.2 Å². The number of halogens is 1. The first-order valence-electron chi connectivity index (χ1n) is 3.95. The fourth-order valence-electron chi connectivity index (χ4n) is 1.73. The Morgan fingerprint density at radius 3 is 3.00 bits per heavy atom. The number of alkyl halides is 1. The van der Waals surface area contributed by atoms with Gasteiger partial charge in [-0.15, -0.1) is 0 Å². The molecule has 0 aromatic carbocycles. The highest BCUT2D eigenvalue weighted by Crippen LogP contribution is 2.23. The van der Waals surface area contributed by atoms with Crippen molar-refractivity contribution >= 4 is 34.4 Å². The topological polar surface area (TPSA) is 49.4 Å². The van der Waals surface area contributed by atoms with Crippen LogP contribution in [0.4, 0.5) is 0 Å². The standard InChI is InChI=1S/C7H9IN2O2/c8-5-7(12)10-3-1-2-4(10)6(11)9-5/h4-5H,1-3H2,(H,9,11). The number of fused-ring (bicyclic) bond motifs is 1. The molecule has 1 N–H and O–H groups in total. The van der Waals surface area contributed by atoms with Gasteiger partial charge in [0.25, 0.3) is 5.91 Å². The molecule has 0 aromatic rings. The summed E-state index contributed by atoms with van der Waals surface area (Å²) >= 11 is 1.95. The lowest BCUT2D eigenvalue weighted by Crippen LogP contribution is -2.58. The summed E-state index contributed by atoms with van der Waals surface area (Å²) in [6.45, 7) is 0.746. The predicted octanol–water partition coefficient (Wildman–Crippen LogP) is -0.132. The molecule has 2 aliphatic rings. The van der Waals surface area contributed by atoms with E-state index < -0.39 is 0 Å². The van der Waals surface area contributed by atoms with E-state index in [4.69, 9.17) is 0 Å². The predicted molar refractivity (Wildman–Crippen MR) is 50.7 cm³/mol. The van der Waals surface area contributed by atoms with E-state index in [1.54, 1.807) is 4.90 Å². The molecule has 0 aromatic heterocycles. The average molecular weight is 280 g/mol. The van der Waals surface area contributed by atoms with Crippen molar-refractivity contribution in [1.29, 1.82) is 0 Å². The van der Waals surface area contributed by atoms with Crippen LogP contribution >= 0.6 is 22.6 Å². The Hall–Kier alpha value is -0.330. The summed E-state index contributed by atoms with van der Waals surface area (Å²) in [4.78, 5) is 24.5. The molecule has 0 spiro atoms. The van der Waals surface area contributed by atoms with E-state index in [1.807, 2.05) is 22.6 Å². The first-order chi connectivity index (χ1) is 5.70. The number of amides is 2. The summed E-state index contributed by atoms with van der Waals surface area (Å²) in [6, 6.07) is -0.177. The van der Waals surface area contributed by atoms with Crippen molar-refractivity contribution in [2.75, 3.05) is 6.54 Å². The number of nitrogens with one attached hydrogen (secondary N) is 1. The molecule has 5 heteroatoms. The minimum Gasteiger partial charge on any atom is -0.334 e. The van der Waals surface area contributed by atoms with E-state index >= 15 is 0 Å². The molecule has 12 heavy (non-hydrogen) atoms. The molecule has 2 heterocycles. The van der Waals surface area contributed by atoms with Gasteiger partial charge in [-0.3, -0.25) is 9.59 Å². The van der Waals surface area contributed by atoms with Crippen LogP contribution in [-0.2, 0) is 9.59 Å². The molecule has 2 aliphatic heterocycles. The van der Waals surface area contributed by atoms with Gasteiger partial charge in [-0.2, -0.15) is 0 Å². The van der Waals surface area contributed by atoms with Crippen molar-refractivity contribution in [3.8, 4) is 0 Å². The Bertz CT molecular complexity index is 244. The third kappa shape index (κ3) is 1.10. The van der Waals surface area contributed by atoms with Gasteiger partial charge in [0.1, 0.15) is 6.04 Å². The van der Waals surface area contributed by atoms with Crippen molar-refractivity contribution in [2.45, 2.75) is 22.9 Å². The smallest absolute Gasteiger partial charge is 0.256 e. The first kappa shape index (κ1) is 8.28. The van der Waals surface area contributed by atoms with Crippen molar-refractivity contribution in [2.24, 2.45) is 0 Å². The van der Waals surface area contributed by atoms with E-state index in [2.05, 4.69) is 5.32 Å². The van der Waals surface area contributed by atoms with Crippen molar-refractivity contribution in [3.05, 3.63) is 0 Å². The lowest BCUT2D eigenvalue weighted by molar-refractivity contribution is -0.143. The second kappa shape index (κ2) is 2.86. The fourth-order valence-corrected chi connectivity index (χ4v) is 2.40. The van der Waals surface area contributed by atoms with E-state index in [1.165, 1.54) is 0 Å². The molecule has 0 aliphatic carbocycles.